The monoisotopic (exact) mass is 257 g/mol. The van der Waals surface area contributed by atoms with Gasteiger partial charge in [0.05, 0.1) is 0 Å². The van der Waals surface area contributed by atoms with Crippen molar-refractivity contribution in [3.63, 3.8) is 0 Å². The Labute approximate surface area is 118 Å². The van der Waals surface area contributed by atoms with E-state index in [4.69, 9.17) is 0 Å². The van der Waals surface area contributed by atoms with Gasteiger partial charge < -0.3 is 0 Å². The molecule has 1 nitrogen and oxygen atoms in total. The molecule has 3 rings (SSSR count). The molecule has 0 N–H and O–H groups in total. The molecule has 1 aliphatic heterocycles. The molecule has 0 aromatic heterocycles. The predicted octanol–water partition coefficient (Wildman–Crippen LogP) is 4.58. The van der Waals surface area contributed by atoms with Crippen LogP contribution in [0, 0.1) is 5.92 Å². The number of nitrogens with zero attached hydrogens (tertiary/aromatic N) is 1. The van der Waals surface area contributed by atoms with Crippen molar-refractivity contribution in [2.75, 3.05) is 13.1 Å². The second-order valence-corrected chi connectivity index (χ2v) is 6.48. The van der Waals surface area contributed by atoms with Crippen molar-refractivity contribution in [3.8, 4) is 0 Å². The molecule has 1 heteroatoms. The maximum atomic E-state index is 2.83. The summed E-state index contributed by atoms with van der Waals surface area (Å²) in [5, 5.41) is 0. The zero-order valence-corrected chi connectivity index (χ0v) is 12.3. The third-order valence-corrected chi connectivity index (χ3v) is 5.45. The van der Waals surface area contributed by atoms with E-state index < -0.39 is 0 Å². The van der Waals surface area contributed by atoms with E-state index in [-0.39, 0.29) is 0 Å². The number of rotatable bonds is 2. The van der Waals surface area contributed by atoms with E-state index in [0.717, 1.165) is 5.92 Å². The van der Waals surface area contributed by atoms with Crippen molar-refractivity contribution in [1.82, 2.24) is 4.90 Å². The van der Waals surface area contributed by atoms with Gasteiger partial charge in [-0.05, 0) is 50.3 Å². The first kappa shape index (κ1) is 13.2. The highest BCUT2D eigenvalue weighted by Gasteiger charge is 2.44. The average Bonchev–Trinajstić information content (AvgIpc) is 2.50. The standard InChI is InChI=1S/C18H27N/c1-16-10-6-7-13-18(16,17-11-4-2-5-12-17)19-14-8-3-9-15-19/h2,4-5,11-12,16H,3,6-10,13-15H2,1H3/t16?,18-/m0/s1. The zero-order valence-electron chi connectivity index (χ0n) is 12.3. The van der Waals surface area contributed by atoms with Gasteiger partial charge in [-0.25, -0.2) is 0 Å². The normalized spacial score (nSPS) is 33.2. The number of likely N-dealkylation sites (tertiary alicyclic amines) is 1. The Hall–Kier alpha value is -0.820. The van der Waals surface area contributed by atoms with Gasteiger partial charge in [0, 0.05) is 5.54 Å². The van der Waals surface area contributed by atoms with Gasteiger partial charge in [-0.15, -0.1) is 0 Å². The second kappa shape index (κ2) is 5.66. The highest BCUT2D eigenvalue weighted by molar-refractivity contribution is 5.26. The van der Waals surface area contributed by atoms with Crippen LogP contribution >= 0.6 is 0 Å². The van der Waals surface area contributed by atoms with Crippen LogP contribution in [0.1, 0.15) is 57.4 Å². The van der Waals surface area contributed by atoms with Gasteiger partial charge in [0.2, 0.25) is 0 Å². The molecule has 19 heavy (non-hydrogen) atoms. The molecule has 1 saturated heterocycles. The van der Waals surface area contributed by atoms with E-state index in [1.807, 2.05) is 0 Å². The number of benzene rings is 1. The Morgan fingerprint density at radius 2 is 1.68 bits per heavy atom. The molecule has 0 radical (unpaired) electrons. The van der Waals surface area contributed by atoms with Gasteiger partial charge in [-0.1, -0.05) is 56.5 Å². The van der Waals surface area contributed by atoms with Gasteiger partial charge in [0.1, 0.15) is 0 Å². The van der Waals surface area contributed by atoms with Crippen LogP contribution in [0.4, 0.5) is 0 Å². The maximum Gasteiger partial charge on any atom is 0.0486 e. The fourth-order valence-corrected chi connectivity index (χ4v) is 4.43. The predicted molar refractivity (Wildman–Crippen MR) is 81.2 cm³/mol. The van der Waals surface area contributed by atoms with E-state index in [1.54, 1.807) is 5.56 Å². The van der Waals surface area contributed by atoms with Gasteiger partial charge >= 0.3 is 0 Å². The summed E-state index contributed by atoms with van der Waals surface area (Å²) in [5.74, 6) is 0.793. The van der Waals surface area contributed by atoms with Crippen LogP contribution in [0.2, 0.25) is 0 Å². The van der Waals surface area contributed by atoms with E-state index in [9.17, 15) is 0 Å². The first-order chi connectivity index (χ1) is 9.34. The summed E-state index contributed by atoms with van der Waals surface area (Å²) in [4.78, 5) is 2.83. The van der Waals surface area contributed by atoms with Crippen molar-refractivity contribution >= 4 is 0 Å². The minimum Gasteiger partial charge on any atom is -0.293 e. The average molecular weight is 257 g/mol. The first-order valence-corrected chi connectivity index (χ1v) is 8.14. The lowest BCUT2D eigenvalue weighted by molar-refractivity contribution is -0.0110. The highest BCUT2D eigenvalue weighted by atomic mass is 15.2. The molecule has 2 fully saturated rings. The maximum absolute atomic E-state index is 2.83. The van der Waals surface area contributed by atoms with E-state index in [0.29, 0.717) is 5.54 Å². The van der Waals surface area contributed by atoms with Crippen LogP contribution in [-0.4, -0.2) is 18.0 Å². The molecule has 1 heterocycles. The number of hydrogen-bond acceptors (Lipinski definition) is 1. The van der Waals surface area contributed by atoms with E-state index in [2.05, 4.69) is 42.2 Å². The summed E-state index contributed by atoms with van der Waals surface area (Å²) in [5.41, 5.74) is 1.91. The summed E-state index contributed by atoms with van der Waals surface area (Å²) in [6.07, 6.45) is 9.78. The molecule has 104 valence electrons. The highest BCUT2D eigenvalue weighted by Crippen LogP contribution is 2.47. The van der Waals surface area contributed by atoms with Crippen LogP contribution in [0.5, 0.6) is 0 Å². The fourth-order valence-electron chi connectivity index (χ4n) is 4.43. The smallest absolute Gasteiger partial charge is 0.0486 e. The molecular weight excluding hydrogens is 230 g/mol. The van der Waals surface area contributed by atoms with Crippen molar-refractivity contribution in [2.24, 2.45) is 5.92 Å². The molecule has 1 aliphatic carbocycles. The summed E-state index contributed by atoms with van der Waals surface area (Å²) >= 11 is 0. The number of hydrogen-bond donors (Lipinski definition) is 0. The Morgan fingerprint density at radius 3 is 2.37 bits per heavy atom. The lowest BCUT2D eigenvalue weighted by Gasteiger charge is -2.52. The number of piperidine rings is 1. The van der Waals surface area contributed by atoms with Crippen LogP contribution < -0.4 is 0 Å². The van der Waals surface area contributed by atoms with Crippen molar-refractivity contribution < 1.29 is 0 Å². The Kier molecular flexibility index (Phi) is 3.93. The van der Waals surface area contributed by atoms with Gasteiger partial charge in [-0.2, -0.15) is 0 Å². The lowest BCUT2D eigenvalue weighted by Crippen LogP contribution is -2.53. The minimum absolute atomic E-state index is 0.333. The Balaban J connectivity index is 1.99. The summed E-state index contributed by atoms with van der Waals surface area (Å²) in [6, 6.07) is 11.3. The van der Waals surface area contributed by atoms with Crippen LogP contribution in [0.25, 0.3) is 0 Å². The molecule has 2 aliphatic rings. The van der Waals surface area contributed by atoms with Gasteiger partial charge in [0.25, 0.3) is 0 Å². The SMILES string of the molecule is CC1CCCC[C@]1(c1ccccc1)N1CCCCC1. The minimum atomic E-state index is 0.333. The largest absolute Gasteiger partial charge is 0.293 e. The lowest BCUT2D eigenvalue weighted by atomic mass is 9.68. The molecule has 2 atom stereocenters. The Bertz CT molecular complexity index is 393. The van der Waals surface area contributed by atoms with E-state index in [1.165, 1.54) is 58.0 Å². The van der Waals surface area contributed by atoms with Crippen molar-refractivity contribution in [2.45, 2.75) is 57.4 Å². The topological polar surface area (TPSA) is 3.24 Å². The molecule has 1 aromatic carbocycles. The van der Waals surface area contributed by atoms with Gasteiger partial charge in [-0.3, -0.25) is 4.90 Å². The van der Waals surface area contributed by atoms with Crippen LogP contribution in [0.3, 0.4) is 0 Å². The van der Waals surface area contributed by atoms with Crippen molar-refractivity contribution in [1.29, 1.82) is 0 Å². The summed E-state index contributed by atoms with van der Waals surface area (Å²) < 4.78 is 0. The Morgan fingerprint density at radius 1 is 0.947 bits per heavy atom. The molecular formula is C18H27N. The molecule has 1 unspecified atom stereocenters. The molecule has 1 saturated carbocycles. The molecule has 0 bridgehead atoms. The quantitative estimate of drug-likeness (QED) is 0.749. The summed E-state index contributed by atoms with van der Waals surface area (Å²) in [6.45, 7) is 5.10. The third-order valence-electron chi connectivity index (χ3n) is 5.45. The molecule has 0 amide bonds. The van der Waals surface area contributed by atoms with Crippen LogP contribution in [0.15, 0.2) is 30.3 Å². The second-order valence-electron chi connectivity index (χ2n) is 6.48. The zero-order chi connectivity index (χ0) is 13.1. The first-order valence-electron chi connectivity index (χ1n) is 8.14. The van der Waals surface area contributed by atoms with Crippen molar-refractivity contribution in [3.05, 3.63) is 35.9 Å². The van der Waals surface area contributed by atoms with E-state index >= 15 is 0 Å². The van der Waals surface area contributed by atoms with Gasteiger partial charge in [0.15, 0.2) is 0 Å². The molecule has 0 spiro atoms. The van der Waals surface area contributed by atoms with Crippen LogP contribution in [-0.2, 0) is 5.54 Å². The third kappa shape index (κ3) is 2.33. The fraction of sp³-hybridized carbons (Fsp3) is 0.667. The summed E-state index contributed by atoms with van der Waals surface area (Å²) in [7, 11) is 0. The molecule has 1 aromatic rings.